The maximum atomic E-state index is 12.1. The summed E-state index contributed by atoms with van der Waals surface area (Å²) in [5.74, 6) is 1.87. The van der Waals surface area contributed by atoms with Gasteiger partial charge in [0.15, 0.2) is 11.0 Å². The van der Waals surface area contributed by atoms with E-state index in [0.29, 0.717) is 21.8 Å². The zero-order valence-corrected chi connectivity index (χ0v) is 14.8. The van der Waals surface area contributed by atoms with Crippen LogP contribution in [-0.4, -0.2) is 31.4 Å². The number of hydrogen-bond donors (Lipinski definition) is 1. The molecular formula is C14H15Cl2N5OS. The summed E-state index contributed by atoms with van der Waals surface area (Å²) >= 11 is 13.1. The number of aromatic nitrogens is 4. The first kappa shape index (κ1) is 16.5. The van der Waals surface area contributed by atoms with Gasteiger partial charge in [0, 0.05) is 18.7 Å². The van der Waals surface area contributed by atoms with E-state index in [0.717, 1.165) is 17.5 Å². The van der Waals surface area contributed by atoms with Crippen LogP contribution in [0.4, 0.5) is 5.82 Å². The summed E-state index contributed by atoms with van der Waals surface area (Å²) in [6.07, 6.45) is 3.78. The monoisotopic (exact) mass is 371 g/mol. The average molecular weight is 372 g/mol. The summed E-state index contributed by atoms with van der Waals surface area (Å²) in [6.45, 7) is 2.85. The van der Waals surface area contributed by atoms with E-state index in [2.05, 4.69) is 32.0 Å². The first-order valence-corrected chi connectivity index (χ1v) is 8.99. The van der Waals surface area contributed by atoms with Gasteiger partial charge < -0.3 is 9.88 Å². The first-order chi connectivity index (χ1) is 11.1. The van der Waals surface area contributed by atoms with E-state index in [-0.39, 0.29) is 11.7 Å². The van der Waals surface area contributed by atoms with Crippen molar-refractivity contribution in [3.63, 3.8) is 0 Å². The topological polar surface area (TPSA) is 72.7 Å². The van der Waals surface area contributed by atoms with Gasteiger partial charge >= 0.3 is 0 Å². The molecule has 1 aliphatic rings. The van der Waals surface area contributed by atoms with E-state index in [1.807, 2.05) is 0 Å². The Morgan fingerprint density at radius 3 is 2.87 bits per heavy atom. The SMILES string of the molecule is CCn1c(SCC(=O)Nc2ncc(Cl)cc2Cl)nnc1C1CC1. The van der Waals surface area contributed by atoms with Crippen molar-refractivity contribution in [2.45, 2.75) is 37.4 Å². The van der Waals surface area contributed by atoms with Gasteiger partial charge in [-0.25, -0.2) is 4.98 Å². The summed E-state index contributed by atoms with van der Waals surface area (Å²) in [6, 6.07) is 1.54. The summed E-state index contributed by atoms with van der Waals surface area (Å²) in [5.41, 5.74) is 0. The Labute approximate surface area is 148 Å². The molecule has 1 amide bonds. The van der Waals surface area contributed by atoms with Crippen LogP contribution in [-0.2, 0) is 11.3 Å². The molecule has 0 spiro atoms. The third-order valence-corrected chi connectivity index (χ3v) is 4.86. The van der Waals surface area contributed by atoms with Crippen molar-refractivity contribution in [1.82, 2.24) is 19.7 Å². The smallest absolute Gasteiger partial charge is 0.236 e. The highest BCUT2D eigenvalue weighted by Gasteiger charge is 2.30. The molecule has 2 heterocycles. The molecule has 0 bridgehead atoms. The van der Waals surface area contributed by atoms with Crippen LogP contribution < -0.4 is 5.32 Å². The third kappa shape index (κ3) is 3.97. The van der Waals surface area contributed by atoms with Crippen LogP contribution in [0.2, 0.25) is 10.0 Å². The zero-order valence-electron chi connectivity index (χ0n) is 12.4. The van der Waals surface area contributed by atoms with Crippen molar-refractivity contribution in [2.24, 2.45) is 0 Å². The summed E-state index contributed by atoms with van der Waals surface area (Å²) in [4.78, 5) is 16.1. The standard InChI is InChI=1S/C14H15Cl2N5OS/c1-2-21-13(8-3-4-8)19-20-14(21)23-7-11(22)18-12-10(16)5-9(15)6-17-12/h5-6,8H,2-4,7H2,1H3,(H,17,18,22). The molecule has 1 N–H and O–H groups in total. The lowest BCUT2D eigenvalue weighted by Crippen LogP contribution is -2.16. The number of amides is 1. The second-order valence-corrected chi connectivity index (χ2v) is 6.97. The summed E-state index contributed by atoms with van der Waals surface area (Å²) in [5, 5.41) is 12.6. The third-order valence-electron chi connectivity index (χ3n) is 3.40. The Morgan fingerprint density at radius 2 is 2.22 bits per heavy atom. The second kappa shape index (κ2) is 7.07. The number of hydrogen-bond acceptors (Lipinski definition) is 5. The van der Waals surface area contributed by atoms with Crippen molar-refractivity contribution in [1.29, 1.82) is 0 Å². The number of pyridine rings is 1. The first-order valence-electron chi connectivity index (χ1n) is 7.25. The van der Waals surface area contributed by atoms with Crippen molar-refractivity contribution in [2.75, 3.05) is 11.1 Å². The second-order valence-electron chi connectivity index (χ2n) is 5.18. The van der Waals surface area contributed by atoms with Crippen LogP contribution in [0.25, 0.3) is 0 Å². The molecule has 0 saturated heterocycles. The fraction of sp³-hybridized carbons (Fsp3) is 0.429. The van der Waals surface area contributed by atoms with Crippen LogP contribution in [0, 0.1) is 0 Å². The Balaban J connectivity index is 1.60. The zero-order chi connectivity index (χ0) is 16.4. The van der Waals surface area contributed by atoms with E-state index in [4.69, 9.17) is 23.2 Å². The van der Waals surface area contributed by atoms with E-state index < -0.39 is 0 Å². The van der Waals surface area contributed by atoms with Gasteiger partial charge in [-0.05, 0) is 25.8 Å². The molecule has 23 heavy (non-hydrogen) atoms. The summed E-state index contributed by atoms with van der Waals surface area (Å²) < 4.78 is 2.07. The number of carbonyl (C=O) groups excluding carboxylic acids is 1. The van der Waals surface area contributed by atoms with Gasteiger partial charge in [0.1, 0.15) is 5.82 Å². The highest BCUT2D eigenvalue weighted by Crippen LogP contribution is 2.40. The fourth-order valence-corrected chi connectivity index (χ4v) is 3.39. The van der Waals surface area contributed by atoms with Crippen LogP contribution in [0.5, 0.6) is 0 Å². The van der Waals surface area contributed by atoms with Crippen molar-refractivity contribution >= 4 is 46.7 Å². The minimum absolute atomic E-state index is 0.203. The lowest BCUT2D eigenvalue weighted by Gasteiger charge is -2.07. The molecule has 3 rings (SSSR count). The number of carbonyl (C=O) groups is 1. The van der Waals surface area contributed by atoms with Crippen LogP contribution in [0.15, 0.2) is 17.4 Å². The maximum Gasteiger partial charge on any atom is 0.236 e. The van der Waals surface area contributed by atoms with Crippen molar-refractivity contribution in [3.05, 3.63) is 28.1 Å². The molecule has 2 aromatic heterocycles. The number of thioether (sulfide) groups is 1. The Kier molecular flexibility index (Phi) is 5.08. The van der Waals surface area contributed by atoms with E-state index in [1.54, 1.807) is 0 Å². The molecule has 0 unspecified atom stereocenters. The number of rotatable bonds is 6. The van der Waals surface area contributed by atoms with Gasteiger partial charge in [-0.15, -0.1) is 10.2 Å². The summed E-state index contributed by atoms with van der Waals surface area (Å²) in [7, 11) is 0. The molecule has 1 fully saturated rings. The van der Waals surface area contributed by atoms with Gasteiger partial charge in [0.05, 0.1) is 15.8 Å². The van der Waals surface area contributed by atoms with Gasteiger partial charge in [-0.2, -0.15) is 0 Å². The number of nitrogens with zero attached hydrogens (tertiary/aromatic N) is 4. The molecule has 0 aromatic carbocycles. The lowest BCUT2D eigenvalue weighted by molar-refractivity contribution is -0.113. The molecule has 122 valence electrons. The Hall–Kier alpha value is -1.31. The van der Waals surface area contributed by atoms with Gasteiger partial charge in [0.2, 0.25) is 5.91 Å². The molecule has 1 saturated carbocycles. The minimum atomic E-state index is -0.203. The van der Waals surface area contributed by atoms with Gasteiger partial charge in [0.25, 0.3) is 0 Å². The van der Waals surface area contributed by atoms with Crippen LogP contribution in [0.1, 0.15) is 31.5 Å². The molecule has 9 heteroatoms. The van der Waals surface area contributed by atoms with E-state index in [9.17, 15) is 4.79 Å². The molecule has 0 radical (unpaired) electrons. The molecular weight excluding hydrogens is 357 g/mol. The Morgan fingerprint density at radius 1 is 1.43 bits per heavy atom. The van der Waals surface area contributed by atoms with Crippen LogP contribution in [0.3, 0.4) is 0 Å². The van der Waals surface area contributed by atoms with Gasteiger partial charge in [-0.1, -0.05) is 35.0 Å². The van der Waals surface area contributed by atoms with Gasteiger partial charge in [-0.3, -0.25) is 4.79 Å². The molecule has 0 aliphatic heterocycles. The fourth-order valence-electron chi connectivity index (χ4n) is 2.15. The number of halogens is 2. The predicted molar refractivity (Wildman–Crippen MR) is 91.3 cm³/mol. The van der Waals surface area contributed by atoms with Crippen molar-refractivity contribution in [3.8, 4) is 0 Å². The number of nitrogens with one attached hydrogen (secondary N) is 1. The van der Waals surface area contributed by atoms with Crippen LogP contribution >= 0.6 is 35.0 Å². The molecule has 2 aromatic rings. The van der Waals surface area contributed by atoms with Crippen molar-refractivity contribution < 1.29 is 4.79 Å². The molecule has 1 aliphatic carbocycles. The minimum Gasteiger partial charge on any atom is -0.309 e. The number of anilines is 1. The quantitative estimate of drug-likeness (QED) is 0.785. The Bertz CT molecular complexity index is 732. The van der Waals surface area contributed by atoms with E-state index >= 15 is 0 Å². The predicted octanol–water partition coefficient (Wildman–Crippen LogP) is 3.61. The largest absolute Gasteiger partial charge is 0.309 e. The highest BCUT2D eigenvalue weighted by molar-refractivity contribution is 7.99. The average Bonchev–Trinajstić information content (AvgIpc) is 3.28. The normalized spacial score (nSPS) is 14.0. The molecule has 0 atom stereocenters. The lowest BCUT2D eigenvalue weighted by atomic mass is 10.4. The maximum absolute atomic E-state index is 12.1. The molecule has 6 nitrogen and oxygen atoms in total. The highest BCUT2D eigenvalue weighted by atomic mass is 35.5. The van der Waals surface area contributed by atoms with E-state index in [1.165, 1.54) is 36.9 Å².